The SMILES string of the molecule is CN[C@@H](C)C(=O)N[C@H](C(=O)N1CCC[C@H]1Cn1cc(C(=O)C(C)C)c2cc(Cl)ccc21)C1CCCCC1. The van der Waals surface area contributed by atoms with Gasteiger partial charge in [0.2, 0.25) is 11.8 Å². The van der Waals surface area contributed by atoms with Crippen LogP contribution in [0.2, 0.25) is 5.02 Å². The van der Waals surface area contributed by atoms with Crippen LogP contribution in [0.15, 0.2) is 24.4 Å². The summed E-state index contributed by atoms with van der Waals surface area (Å²) in [4.78, 5) is 41.8. The number of carbonyl (C=O) groups is 3. The van der Waals surface area contributed by atoms with Crippen molar-refractivity contribution in [2.75, 3.05) is 13.6 Å². The van der Waals surface area contributed by atoms with E-state index in [1.807, 2.05) is 50.1 Å². The summed E-state index contributed by atoms with van der Waals surface area (Å²) in [6.45, 7) is 6.92. The van der Waals surface area contributed by atoms with Crippen LogP contribution in [0.25, 0.3) is 10.9 Å². The van der Waals surface area contributed by atoms with Gasteiger partial charge in [0, 0.05) is 52.7 Å². The van der Waals surface area contributed by atoms with Crippen molar-refractivity contribution in [3.8, 4) is 0 Å². The molecule has 2 aliphatic rings. The summed E-state index contributed by atoms with van der Waals surface area (Å²) in [5.74, 6) is 0.0307. The van der Waals surface area contributed by atoms with E-state index in [1.54, 1.807) is 7.05 Å². The Morgan fingerprint density at radius 2 is 1.78 bits per heavy atom. The van der Waals surface area contributed by atoms with Gasteiger partial charge in [-0.1, -0.05) is 44.7 Å². The van der Waals surface area contributed by atoms with Crippen molar-refractivity contribution < 1.29 is 14.4 Å². The monoisotopic (exact) mass is 528 g/mol. The molecule has 1 saturated carbocycles. The van der Waals surface area contributed by atoms with E-state index in [2.05, 4.69) is 15.2 Å². The molecule has 1 aromatic heterocycles. The lowest BCUT2D eigenvalue weighted by atomic mass is 9.83. The van der Waals surface area contributed by atoms with Gasteiger partial charge in [-0.2, -0.15) is 0 Å². The van der Waals surface area contributed by atoms with Crippen molar-refractivity contribution in [2.45, 2.75) is 90.4 Å². The van der Waals surface area contributed by atoms with Gasteiger partial charge in [0.1, 0.15) is 6.04 Å². The highest BCUT2D eigenvalue weighted by atomic mass is 35.5. The molecule has 3 atom stereocenters. The lowest BCUT2D eigenvalue weighted by molar-refractivity contribution is -0.139. The largest absolute Gasteiger partial charge is 0.345 e. The van der Waals surface area contributed by atoms with Gasteiger partial charge in [-0.3, -0.25) is 14.4 Å². The lowest BCUT2D eigenvalue weighted by Gasteiger charge is -2.35. The van der Waals surface area contributed by atoms with E-state index in [4.69, 9.17) is 11.6 Å². The van der Waals surface area contributed by atoms with E-state index in [9.17, 15) is 14.4 Å². The second-order valence-corrected chi connectivity index (χ2v) is 11.5. The van der Waals surface area contributed by atoms with Crippen LogP contribution in [0.3, 0.4) is 0 Å². The number of likely N-dealkylation sites (N-methyl/N-ethyl adjacent to an activating group) is 1. The highest BCUT2D eigenvalue weighted by molar-refractivity contribution is 6.31. The standard InChI is InChI=1S/C29H41ClN4O3/c1-18(2)27(35)24-17-33(25-13-12-21(30)15-23(24)25)16-22-11-8-14-34(22)29(37)26(20-9-6-5-7-10-20)32-28(36)19(3)31-4/h12-13,15,17-20,22,26,31H,5-11,14,16H2,1-4H3,(H,32,36)/t19-,22-,26-/m0/s1. The van der Waals surface area contributed by atoms with Crippen molar-refractivity contribution >= 4 is 40.1 Å². The van der Waals surface area contributed by atoms with Gasteiger partial charge in [0.15, 0.2) is 5.78 Å². The second kappa shape index (κ2) is 12.0. The van der Waals surface area contributed by atoms with Crippen LogP contribution in [0, 0.1) is 11.8 Å². The Morgan fingerprint density at radius 3 is 2.46 bits per heavy atom. The fraction of sp³-hybridized carbons (Fsp3) is 0.621. The van der Waals surface area contributed by atoms with Crippen molar-refractivity contribution in [3.63, 3.8) is 0 Å². The number of carbonyl (C=O) groups excluding carboxylic acids is 3. The van der Waals surface area contributed by atoms with E-state index < -0.39 is 6.04 Å². The molecule has 7 nitrogen and oxygen atoms in total. The summed E-state index contributed by atoms with van der Waals surface area (Å²) < 4.78 is 2.11. The highest BCUT2D eigenvalue weighted by Crippen LogP contribution is 2.32. The number of nitrogens with one attached hydrogen (secondary N) is 2. The maximum atomic E-state index is 14.0. The average molecular weight is 529 g/mol. The van der Waals surface area contributed by atoms with Gasteiger partial charge >= 0.3 is 0 Å². The Kier molecular flexibility index (Phi) is 8.96. The molecule has 8 heteroatoms. The Morgan fingerprint density at radius 1 is 1.05 bits per heavy atom. The quantitative estimate of drug-likeness (QED) is 0.458. The van der Waals surface area contributed by atoms with E-state index in [1.165, 1.54) is 6.42 Å². The summed E-state index contributed by atoms with van der Waals surface area (Å²) in [6, 6.07) is 4.81. The fourth-order valence-corrected chi connectivity index (χ4v) is 6.08. The molecule has 2 aromatic rings. The first kappa shape index (κ1) is 27.6. The first-order chi connectivity index (χ1) is 17.7. The van der Waals surface area contributed by atoms with Gasteiger partial charge in [0.05, 0.1) is 6.04 Å². The molecule has 0 unspecified atom stereocenters. The molecular weight excluding hydrogens is 488 g/mol. The van der Waals surface area contributed by atoms with Crippen LogP contribution in [0.1, 0.15) is 76.1 Å². The fourth-order valence-electron chi connectivity index (χ4n) is 5.91. The number of nitrogens with zero attached hydrogens (tertiary/aromatic N) is 2. The van der Waals surface area contributed by atoms with Crippen molar-refractivity contribution in [2.24, 2.45) is 11.8 Å². The summed E-state index contributed by atoms with van der Waals surface area (Å²) in [5, 5.41) is 7.55. The first-order valence-corrected chi connectivity index (χ1v) is 14.2. The maximum absolute atomic E-state index is 14.0. The Balaban J connectivity index is 1.60. The molecule has 0 bridgehead atoms. The number of hydrogen-bond acceptors (Lipinski definition) is 4. The van der Waals surface area contributed by atoms with E-state index in [0.717, 1.165) is 49.4 Å². The number of fused-ring (bicyclic) bond motifs is 1. The molecule has 0 spiro atoms. The summed E-state index contributed by atoms with van der Waals surface area (Å²) in [7, 11) is 1.76. The highest BCUT2D eigenvalue weighted by Gasteiger charge is 2.39. The minimum atomic E-state index is -0.498. The molecule has 202 valence electrons. The molecule has 1 aliphatic carbocycles. The van der Waals surface area contributed by atoms with E-state index >= 15 is 0 Å². The van der Waals surface area contributed by atoms with Gasteiger partial charge in [0.25, 0.3) is 0 Å². The zero-order valence-electron chi connectivity index (χ0n) is 22.6. The number of Topliss-reactive ketones (excluding diaryl/α,β-unsaturated/α-hetero) is 1. The molecular formula is C29H41ClN4O3. The third kappa shape index (κ3) is 6.04. The van der Waals surface area contributed by atoms with Crippen LogP contribution < -0.4 is 10.6 Å². The predicted molar refractivity (Wildman–Crippen MR) is 148 cm³/mol. The second-order valence-electron chi connectivity index (χ2n) is 11.1. The molecule has 1 saturated heterocycles. The summed E-state index contributed by atoms with van der Waals surface area (Å²) >= 11 is 6.29. The zero-order chi connectivity index (χ0) is 26.7. The topological polar surface area (TPSA) is 83.4 Å². The minimum absolute atomic E-state index is 0.00509. The van der Waals surface area contributed by atoms with Gasteiger partial charge in [-0.25, -0.2) is 0 Å². The van der Waals surface area contributed by atoms with Gasteiger partial charge in [-0.15, -0.1) is 0 Å². The maximum Gasteiger partial charge on any atom is 0.245 e. The van der Waals surface area contributed by atoms with Crippen LogP contribution in [0.5, 0.6) is 0 Å². The summed E-state index contributed by atoms with van der Waals surface area (Å²) in [5.41, 5.74) is 1.63. The van der Waals surface area contributed by atoms with Crippen LogP contribution in [-0.4, -0.2) is 58.8 Å². The molecule has 2 fully saturated rings. The molecule has 2 N–H and O–H groups in total. The van der Waals surface area contributed by atoms with Crippen LogP contribution in [0.4, 0.5) is 0 Å². The van der Waals surface area contributed by atoms with Gasteiger partial charge in [-0.05, 0) is 63.8 Å². The first-order valence-electron chi connectivity index (χ1n) is 13.8. The molecule has 4 rings (SSSR count). The number of likely N-dealkylation sites (tertiary alicyclic amines) is 1. The number of ketones is 1. The summed E-state index contributed by atoms with van der Waals surface area (Å²) in [6.07, 6.45) is 9.06. The van der Waals surface area contributed by atoms with E-state index in [-0.39, 0.29) is 41.5 Å². The smallest absolute Gasteiger partial charge is 0.245 e. The van der Waals surface area contributed by atoms with E-state index in [0.29, 0.717) is 23.7 Å². The number of benzene rings is 1. The number of hydrogen-bond donors (Lipinski definition) is 2. The van der Waals surface area contributed by atoms with Crippen molar-refractivity contribution in [1.29, 1.82) is 0 Å². The molecule has 37 heavy (non-hydrogen) atoms. The Labute approximate surface area is 225 Å². The zero-order valence-corrected chi connectivity index (χ0v) is 23.3. The number of aromatic nitrogens is 1. The molecule has 1 aromatic carbocycles. The Bertz CT molecular complexity index is 1140. The number of halogens is 1. The third-order valence-corrected chi connectivity index (χ3v) is 8.45. The average Bonchev–Trinajstić information content (AvgIpc) is 3.50. The van der Waals surface area contributed by atoms with Crippen LogP contribution in [-0.2, 0) is 16.1 Å². The normalized spacial score (nSPS) is 20.4. The lowest BCUT2D eigenvalue weighted by Crippen LogP contribution is -2.56. The molecule has 0 radical (unpaired) electrons. The number of amides is 2. The third-order valence-electron chi connectivity index (χ3n) is 8.21. The Hall–Kier alpha value is -2.38. The molecule has 2 amide bonds. The molecule has 1 aliphatic heterocycles. The number of rotatable bonds is 9. The minimum Gasteiger partial charge on any atom is -0.345 e. The van der Waals surface area contributed by atoms with Gasteiger partial charge < -0.3 is 20.1 Å². The van der Waals surface area contributed by atoms with Crippen molar-refractivity contribution in [1.82, 2.24) is 20.1 Å². The van der Waals surface area contributed by atoms with Crippen molar-refractivity contribution in [3.05, 3.63) is 35.0 Å². The van der Waals surface area contributed by atoms with Crippen LogP contribution >= 0.6 is 11.6 Å². The predicted octanol–water partition coefficient (Wildman–Crippen LogP) is 4.80. The molecule has 2 heterocycles.